The molecule has 154 valence electrons. The maximum Gasteiger partial charge on any atom is 0.262 e. The normalized spacial score (nSPS) is 16.2. The Morgan fingerprint density at radius 1 is 1.14 bits per heavy atom. The lowest BCUT2D eigenvalue weighted by Gasteiger charge is -2.27. The molecule has 1 aliphatic carbocycles. The van der Waals surface area contributed by atoms with Gasteiger partial charge in [0.1, 0.15) is 10.8 Å². The van der Waals surface area contributed by atoms with Crippen molar-refractivity contribution < 1.29 is 19.1 Å². The van der Waals surface area contributed by atoms with Crippen molar-refractivity contribution >= 4 is 39.8 Å². The van der Waals surface area contributed by atoms with Crippen molar-refractivity contribution in [2.45, 2.75) is 25.7 Å². The van der Waals surface area contributed by atoms with Crippen LogP contribution in [-0.2, 0) is 22.4 Å². The molecule has 0 spiro atoms. The Hall–Kier alpha value is -2.09. The van der Waals surface area contributed by atoms with Crippen molar-refractivity contribution in [3.05, 3.63) is 45.3 Å². The van der Waals surface area contributed by atoms with Crippen molar-refractivity contribution in [1.82, 2.24) is 4.90 Å². The van der Waals surface area contributed by atoms with Gasteiger partial charge in [-0.15, -0.1) is 11.3 Å². The first-order valence-electron chi connectivity index (χ1n) is 9.81. The molecule has 0 saturated carbocycles. The highest BCUT2D eigenvalue weighted by molar-refractivity contribution is 7.17. The largest absolute Gasteiger partial charge is 0.484 e. The summed E-state index contributed by atoms with van der Waals surface area (Å²) in [5.41, 5.74) is 1.76. The number of carbonyl (C=O) groups is 2. The van der Waals surface area contributed by atoms with E-state index in [2.05, 4.69) is 5.32 Å². The quantitative estimate of drug-likeness (QED) is 0.777. The number of rotatable bonds is 5. The molecule has 6 nitrogen and oxygen atoms in total. The SMILES string of the molecule is O=C(COc1ccc(Cl)cc1)Nc1sc2c(c1C(=O)N1CCOCC1)CCCC2. The molecule has 1 fully saturated rings. The van der Waals surface area contributed by atoms with Crippen molar-refractivity contribution in [3.8, 4) is 5.75 Å². The van der Waals surface area contributed by atoms with Gasteiger partial charge in [-0.3, -0.25) is 9.59 Å². The second-order valence-corrected chi connectivity index (χ2v) is 8.65. The maximum absolute atomic E-state index is 13.2. The Labute approximate surface area is 178 Å². The van der Waals surface area contributed by atoms with Gasteiger partial charge in [0.25, 0.3) is 11.8 Å². The number of hydrogen-bond donors (Lipinski definition) is 1. The van der Waals surface area contributed by atoms with E-state index in [0.29, 0.717) is 47.6 Å². The number of nitrogens with zero attached hydrogens (tertiary/aromatic N) is 1. The van der Waals surface area contributed by atoms with Gasteiger partial charge in [-0.05, 0) is 55.5 Å². The second-order valence-electron chi connectivity index (χ2n) is 7.11. The molecule has 2 amide bonds. The number of halogens is 1. The zero-order valence-corrected chi connectivity index (χ0v) is 17.6. The molecule has 1 N–H and O–H groups in total. The van der Waals surface area contributed by atoms with E-state index in [1.807, 2.05) is 4.90 Å². The highest BCUT2D eigenvalue weighted by Crippen LogP contribution is 2.39. The minimum absolute atomic E-state index is 0.0124. The van der Waals surface area contributed by atoms with E-state index in [0.717, 1.165) is 31.2 Å². The molecule has 0 radical (unpaired) electrons. The molecule has 2 aromatic rings. The van der Waals surface area contributed by atoms with Gasteiger partial charge in [0.15, 0.2) is 6.61 Å². The fourth-order valence-electron chi connectivity index (χ4n) is 3.65. The molecule has 0 bridgehead atoms. The molecule has 1 aromatic carbocycles. The Morgan fingerprint density at radius 2 is 1.86 bits per heavy atom. The standard InChI is InChI=1S/C21H23ClN2O4S/c22-14-5-7-15(8-6-14)28-13-18(25)23-20-19(16-3-1-2-4-17(16)29-20)21(26)24-9-11-27-12-10-24/h5-8H,1-4,9-13H2,(H,23,25). The Morgan fingerprint density at radius 3 is 2.62 bits per heavy atom. The maximum atomic E-state index is 13.2. The number of ether oxygens (including phenoxy) is 2. The molecule has 1 aromatic heterocycles. The average Bonchev–Trinajstić information content (AvgIpc) is 3.11. The zero-order valence-electron chi connectivity index (χ0n) is 16.0. The van der Waals surface area contributed by atoms with Crippen molar-refractivity contribution in [2.24, 2.45) is 0 Å². The van der Waals surface area contributed by atoms with E-state index in [1.165, 1.54) is 16.2 Å². The number of benzene rings is 1. The first kappa shape index (κ1) is 20.2. The van der Waals surface area contributed by atoms with Crippen LogP contribution >= 0.6 is 22.9 Å². The van der Waals surface area contributed by atoms with Gasteiger partial charge in [0, 0.05) is 23.0 Å². The van der Waals surface area contributed by atoms with Crippen molar-refractivity contribution in [1.29, 1.82) is 0 Å². The van der Waals surface area contributed by atoms with Crippen LogP contribution in [0.5, 0.6) is 5.75 Å². The molecule has 1 saturated heterocycles. The fourth-order valence-corrected chi connectivity index (χ4v) is 5.07. The van der Waals surface area contributed by atoms with Gasteiger partial charge < -0.3 is 19.7 Å². The van der Waals surface area contributed by atoms with Gasteiger partial charge in [-0.2, -0.15) is 0 Å². The average molecular weight is 435 g/mol. The Balaban J connectivity index is 1.49. The van der Waals surface area contributed by atoms with E-state index in [-0.39, 0.29) is 18.4 Å². The number of thiophene rings is 1. The van der Waals surface area contributed by atoms with E-state index in [4.69, 9.17) is 21.1 Å². The predicted molar refractivity (Wildman–Crippen MR) is 113 cm³/mol. The number of fused-ring (bicyclic) bond motifs is 1. The summed E-state index contributed by atoms with van der Waals surface area (Å²) in [6.45, 7) is 2.13. The summed E-state index contributed by atoms with van der Waals surface area (Å²) < 4.78 is 10.9. The monoisotopic (exact) mass is 434 g/mol. The minimum Gasteiger partial charge on any atom is -0.484 e. The minimum atomic E-state index is -0.283. The number of nitrogens with one attached hydrogen (secondary N) is 1. The number of hydrogen-bond acceptors (Lipinski definition) is 5. The molecule has 2 heterocycles. The van der Waals surface area contributed by atoms with E-state index in [1.54, 1.807) is 24.3 Å². The fraction of sp³-hybridized carbons (Fsp3) is 0.429. The third-order valence-electron chi connectivity index (χ3n) is 5.12. The topological polar surface area (TPSA) is 67.9 Å². The molecule has 0 unspecified atom stereocenters. The van der Waals surface area contributed by atoms with Crippen LogP contribution in [0, 0.1) is 0 Å². The smallest absolute Gasteiger partial charge is 0.262 e. The molecular weight excluding hydrogens is 412 g/mol. The summed E-state index contributed by atoms with van der Waals surface area (Å²) in [6, 6.07) is 6.85. The lowest BCUT2D eigenvalue weighted by molar-refractivity contribution is -0.118. The number of carbonyl (C=O) groups excluding carboxylic acids is 2. The summed E-state index contributed by atoms with van der Waals surface area (Å²) in [7, 11) is 0. The number of amides is 2. The summed E-state index contributed by atoms with van der Waals surface area (Å²) in [5, 5.41) is 4.16. The van der Waals surface area contributed by atoms with Crippen LogP contribution in [0.4, 0.5) is 5.00 Å². The van der Waals surface area contributed by atoms with Crippen LogP contribution in [0.1, 0.15) is 33.6 Å². The Bertz CT molecular complexity index is 891. The summed E-state index contributed by atoms with van der Waals surface area (Å²) in [4.78, 5) is 28.8. The first-order chi connectivity index (χ1) is 14.1. The lowest BCUT2D eigenvalue weighted by Crippen LogP contribution is -2.41. The van der Waals surface area contributed by atoms with Gasteiger partial charge in [-0.1, -0.05) is 11.6 Å². The third kappa shape index (κ3) is 4.74. The number of aryl methyl sites for hydroxylation is 1. The van der Waals surface area contributed by atoms with Crippen LogP contribution in [0.2, 0.25) is 5.02 Å². The highest BCUT2D eigenvalue weighted by atomic mass is 35.5. The van der Waals surface area contributed by atoms with Gasteiger partial charge in [0.05, 0.1) is 18.8 Å². The molecular formula is C21H23ClN2O4S. The molecule has 29 heavy (non-hydrogen) atoms. The molecule has 1 aliphatic heterocycles. The van der Waals surface area contributed by atoms with E-state index >= 15 is 0 Å². The zero-order chi connectivity index (χ0) is 20.2. The van der Waals surface area contributed by atoms with Crippen LogP contribution in [0.15, 0.2) is 24.3 Å². The molecule has 0 atom stereocenters. The Kier molecular flexibility index (Phi) is 6.37. The first-order valence-corrected chi connectivity index (χ1v) is 11.0. The highest BCUT2D eigenvalue weighted by Gasteiger charge is 2.30. The molecule has 4 rings (SSSR count). The summed E-state index contributed by atoms with van der Waals surface area (Å²) >= 11 is 7.39. The summed E-state index contributed by atoms with van der Waals surface area (Å²) in [6.07, 6.45) is 4.03. The number of anilines is 1. The third-order valence-corrected chi connectivity index (χ3v) is 6.58. The van der Waals surface area contributed by atoms with Crippen LogP contribution in [0.25, 0.3) is 0 Å². The molecule has 2 aliphatic rings. The lowest BCUT2D eigenvalue weighted by atomic mass is 9.95. The van der Waals surface area contributed by atoms with Crippen molar-refractivity contribution in [2.75, 3.05) is 38.2 Å². The van der Waals surface area contributed by atoms with Crippen molar-refractivity contribution in [3.63, 3.8) is 0 Å². The van der Waals surface area contributed by atoms with Crippen LogP contribution < -0.4 is 10.1 Å². The van der Waals surface area contributed by atoms with Gasteiger partial charge in [-0.25, -0.2) is 0 Å². The van der Waals surface area contributed by atoms with Gasteiger partial charge in [0.2, 0.25) is 0 Å². The predicted octanol–water partition coefficient (Wildman–Crippen LogP) is 3.77. The molecule has 8 heteroatoms. The summed E-state index contributed by atoms with van der Waals surface area (Å²) in [5.74, 6) is 0.274. The van der Waals surface area contributed by atoms with E-state index in [9.17, 15) is 9.59 Å². The second kappa shape index (κ2) is 9.15. The van der Waals surface area contributed by atoms with Crippen LogP contribution in [0.3, 0.4) is 0 Å². The number of morpholine rings is 1. The van der Waals surface area contributed by atoms with Gasteiger partial charge >= 0.3 is 0 Å². The van der Waals surface area contributed by atoms with E-state index < -0.39 is 0 Å². The van der Waals surface area contributed by atoms with Crippen LogP contribution in [-0.4, -0.2) is 49.6 Å².